The van der Waals surface area contributed by atoms with Crippen molar-refractivity contribution < 1.29 is 4.79 Å². The highest BCUT2D eigenvalue weighted by Gasteiger charge is 2.03. The maximum absolute atomic E-state index is 11.7. The van der Waals surface area contributed by atoms with Crippen molar-refractivity contribution in [2.75, 3.05) is 12.3 Å². The summed E-state index contributed by atoms with van der Waals surface area (Å²) in [7, 11) is 0. The average molecular weight is 244 g/mol. The highest BCUT2D eigenvalue weighted by molar-refractivity contribution is 5.78. The Morgan fingerprint density at radius 1 is 1.44 bits per heavy atom. The molecule has 2 rings (SSSR count). The van der Waals surface area contributed by atoms with Crippen molar-refractivity contribution in [1.82, 2.24) is 15.3 Å². The van der Waals surface area contributed by atoms with Crippen molar-refractivity contribution in [2.45, 2.75) is 12.8 Å². The van der Waals surface area contributed by atoms with Crippen LogP contribution >= 0.6 is 0 Å². The molecule has 4 N–H and O–H groups in total. The minimum Gasteiger partial charge on any atom is -0.399 e. The van der Waals surface area contributed by atoms with Crippen molar-refractivity contribution in [2.24, 2.45) is 0 Å². The molecular weight excluding hydrogens is 228 g/mol. The zero-order chi connectivity index (χ0) is 12.8. The van der Waals surface area contributed by atoms with Gasteiger partial charge in [0.1, 0.15) is 0 Å². The van der Waals surface area contributed by atoms with Crippen LogP contribution in [0.15, 0.2) is 36.8 Å². The fourth-order valence-electron chi connectivity index (χ4n) is 1.71. The van der Waals surface area contributed by atoms with E-state index < -0.39 is 0 Å². The van der Waals surface area contributed by atoms with Crippen LogP contribution in [0.1, 0.15) is 11.3 Å². The predicted molar refractivity (Wildman–Crippen MR) is 69.9 cm³/mol. The molecule has 0 spiro atoms. The fourth-order valence-corrected chi connectivity index (χ4v) is 1.71. The molecule has 0 unspecified atom stereocenters. The summed E-state index contributed by atoms with van der Waals surface area (Å²) in [6.07, 6.45) is 4.49. The van der Waals surface area contributed by atoms with Crippen molar-refractivity contribution in [3.8, 4) is 0 Å². The first-order chi connectivity index (χ1) is 8.74. The van der Waals surface area contributed by atoms with E-state index in [1.165, 1.54) is 0 Å². The summed E-state index contributed by atoms with van der Waals surface area (Å²) in [4.78, 5) is 18.6. The number of hydrogen-bond donors (Lipinski definition) is 3. The summed E-state index contributed by atoms with van der Waals surface area (Å²) in [6, 6.07) is 7.36. The molecule has 0 aliphatic heterocycles. The molecule has 1 heterocycles. The number of aromatic amines is 1. The van der Waals surface area contributed by atoms with Gasteiger partial charge >= 0.3 is 0 Å². The molecule has 94 valence electrons. The number of nitrogen functional groups attached to an aromatic ring is 1. The van der Waals surface area contributed by atoms with Crippen molar-refractivity contribution in [3.63, 3.8) is 0 Å². The van der Waals surface area contributed by atoms with E-state index in [0.29, 0.717) is 18.7 Å². The number of H-pyrrole nitrogens is 1. The molecule has 5 heteroatoms. The Morgan fingerprint density at radius 3 is 3.06 bits per heavy atom. The van der Waals surface area contributed by atoms with Gasteiger partial charge in [-0.3, -0.25) is 4.79 Å². The molecule has 1 aromatic heterocycles. The second-order valence-electron chi connectivity index (χ2n) is 4.10. The van der Waals surface area contributed by atoms with E-state index in [1.54, 1.807) is 18.6 Å². The monoisotopic (exact) mass is 244 g/mol. The summed E-state index contributed by atoms with van der Waals surface area (Å²) < 4.78 is 0. The van der Waals surface area contributed by atoms with Crippen LogP contribution < -0.4 is 11.1 Å². The van der Waals surface area contributed by atoms with Crippen molar-refractivity contribution >= 4 is 11.6 Å². The van der Waals surface area contributed by atoms with Gasteiger partial charge in [0.15, 0.2) is 0 Å². The quantitative estimate of drug-likeness (QED) is 0.683. The van der Waals surface area contributed by atoms with Gasteiger partial charge in [-0.2, -0.15) is 0 Å². The Kier molecular flexibility index (Phi) is 3.96. The summed E-state index contributed by atoms with van der Waals surface area (Å²) >= 11 is 0. The SMILES string of the molecule is Nc1cccc(CC(=O)NCCc2cnc[nH]2)c1. The number of nitrogens with two attached hydrogens (primary N) is 1. The molecule has 18 heavy (non-hydrogen) atoms. The van der Waals surface area contributed by atoms with E-state index in [4.69, 9.17) is 5.73 Å². The van der Waals surface area contributed by atoms with Crippen LogP contribution in [0.2, 0.25) is 0 Å². The van der Waals surface area contributed by atoms with Gasteiger partial charge in [-0.1, -0.05) is 12.1 Å². The van der Waals surface area contributed by atoms with Crippen LogP contribution in [0.3, 0.4) is 0 Å². The van der Waals surface area contributed by atoms with E-state index in [9.17, 15) is 4.79 Å². The van der Waals surface area contributed by atoms with Gasteiger partial charge in [-0.15, -0.1) is 0 Å². The number of rotatable bonds is 5. The third kappa shape index (κ3) is 3.62. The molecule has 0 bridgehead atoms. The zero-order valence-corrected chi connectivity index (χ0v) is 10.0. The maximum atomic E-state index is 11.7. The standard InChI is InChI=1S/C13H16N4O/c14-11-3-1-2-10(6-11)7-13(18)16-5-4-12-8-15-9-17-12/h1-3,6,8-9H,4-5,7,14H2,(H,15,17)(H,16,18). The number of imidazole rings is 1. The Labute approximate surface area is 105 Å². The molecule has 0 saturated heterocycles. The van der Waals surface area contributed by atoms with Crippen LogP contribution in [0.5, 0.6) is 0 Å². The lowest BCUT2D eigenvalue weighted by Crippen LogP contribution is -2.27. The molecule has 2 aromatic rings. The molecule has 5 nitrogen and oxygen atoms in total. The molecule has 0 saturated carbocycles. The largest absolute Gasteiger partial charge is 0.399 e. The fraction of sp³-hybridized carbons (Fsp3) is 0.231. The first-order valence-corrected chi connectivity index (χ1v) is 5.82. The smallest absolute Gasteiger partial charge is 0.224 e. The number of nitrogens with zero attached hydrogens (tertiary/aromatic N) is 1. The van der Waals surface area contributed by atoms with E-state index in [0.717, 1.165) is 17.7 Å². The summed E-state index contributed by atoms with van der Waals surface area (Å²) in [5, 5.41) is 2.86. The maximum Gasteiger partial charge on any atom is 0.224 e. The predicted octanol–water partition coefficient (Wildman–Crippen LogP) is 0.893. The van der Waals surface area contributed by atoms with Gasteiger partial charge in [-0.05, 0) is 17.7 Å². The summed E-state index contributed by atoms with van der Waals surface area (Å²) in [5.74, 6) is 0.000107. The minimum atomic E-state index is 0.000107. The second-order valence-corrected chi connectivity index (χ2v) is 4.10. The Balaban J connectivity index is 1.75. The first kappa shape index (κ1) is 12.2. The normalized spacial score (nSPS) is 10.2. The molecule has 1 aromatic carbocycles. The Hall–Kier alpha value is -2.30. The first-order valence-electron chi connectivity index (χ1n) is 5.82. The van der Waals surface area contributed by atoms with Crippen LogP contribution in [0.25, 0.3) is 0 Å². The van der Waals surface area contributed by atoms with E-state index in [-0.39, 0.29) is 5.91 Å². The summed E-state index contributed by atoms with van der Waals surface area (Å²) in [6.45, 7) is 0.601. The molecule has 0 aliphatic carbocycles. The lowest BCUT2D eigenvalue weighted by Gasteiger charge is -2.05. The molecule has 0 fully saturated rings. The van der Waals surface area contributed by atoms with Crippen LogP contribution in [0, 0.1) is 0 Å². The van der Waals surface area contributed by atoms with Gasteiger partial charge < -0.3 is 16.0 Å². The second kappa shape index (κ2) is 5.86. The molecule has 1 amide bonds. The lowest BCUT2D eigenvalue weighted by molar-refractivity contribution is -0.120. The Morgan fingerprint density at radius 2 is 2.33 bits per heavy atom. The molecule has 0 radical (unpaired) electrons. The van der Waals surface area contributed by atoms with E-state index >= 15 is 0 Å². The number of carbonyl (C=O) groups is 1. The number of hydrogen-bond acceptors (Lipinski definition) is 3. The minimum absolute atomic E-state index is 0.000107. The van der Waals surface area contributed by atoms with Gasteiger partial charge in [0, 0.05) is 30.5 Å². The third-order valence-electron chi connectivity index (χ3n) is 2.59. The van der Waals surface area contributed by atoms with Crippen molar-refractivity contribution in [1.29, 1.82) is 0 Å². The average Bonchev–Trinajstić information content (AvgIpc) is 2.82. The van der Waals surface area contributed by atoms with Gasteiger partial charge in [-0.25, -0.2) is 4.98 Å². The Bertz CT molecular complexity index is 507. The molecular formula is C13H16N4O. The third-order valence-corrected chi connectivity index (χ3v) is 2.59. The van der Waals surface area contributed by atoms with Gasteiger partial charge in [0.25, 0.3) is 0 Å². The van der Waals surface area contributed by atoms with Crippen LogP contribution in [-0.2, 0) is 17.6 Å². The number of aromatic nitrogens is 2. The zero-order valence-electron chi connectivity index (χ0n) is 10.0. The molecule has 0 atom stereocenters. The van der Waals surface area contributed by atoms with Crippen LogP contribution in [0.4, 0.5) is 5.69 Å². The van der Waals surface area contributed by atoms with Gasteiger partial charge in [0.2, 0.25) is 5.91 Å². The topological polar surface area (TPSA) is 83.8 Å². The number of anilines is 1. The highest BCUT2D eigenvalue weighted by atomic mass is 16.1. The number of carbonyl (C=O) groups excluding carboxylic acids is 1. The number of benzene rings is 1. The van der Waals surface area contributed by atoms with Gasteiger partial charge in [0.05, 0.1) is 12.7 Å². The highest BCUT2D eigenvalue weighted by Crippen LogP contribution is 2.06. The van der Waals surface area contributed by atoms with E-state index in [2.05, 4.69) is 15.3 Å². The van der Waals surface area contributed by atoms with E-state index in [1.807, 2.05) is 18.2 Å². The number of nitrogens with one attached hydrogen (secondary N) is 2. The van der Waals surface area contributed by atoms with Crippen molar-refractivity contribution in [3.05, 3.63) is 48.0 Å². The lowest BCUT2D eigenvalue weighted by atomic mass is 10.1. The summed E-state index contributed by atoms with van der Waals surface area (Å²) in [5.41, 5.74) is 8.27. The number of amides is 1. The van der Waals surface area contributed by atoms with Crippen LogP contribution in [-0.4, -0.2) is 22.4 Å². The molecule has 0 aliphatic rings.